The van der Waals surface area contributed by atoms with Crippen LogP contribution in [-0.2, 0) is 33.5 Å². The van der Waals surface area contributed by atoms with Gasteiger partial charge in [0.25, 0.3) is 5.91 Å². The highest BCUT2D eigenvalue weighted by Crippen LogP contribution is 2.65. The zero-order valence-corrected chi connectivity index (χ0v) is 33.5. The molecular weight excluding hydrogens is 730 g/mol. The Bertz CT molecular complexity index is 1630. The van der Waals surface area contributed by atoms with Crippen LogP contribution in [0.1, 0.15) is 104 Å². The molecule has 2 unspecified atom stereocenters. The van der Waals surface area contributed by atoms with Crippen LogP contribution < -0.4 is 21.3 Å². The number of halogens is 2. The summed E-state index contributed by atoms with van der Waals surface area (Å²) < 4.78 is 35.8. The van der Waals surface area contributed by atoms with Crippen molar-refractivity contribution in [3.63, 3.8) is 0 Å². The fourth-order valence-electron chi connectivity index (χ4n) is 7.80. The van der Waals surface area contributed by atoms with Crippen LogP contribution >= 0.6 is 0 Å². The average molecular weight is 789 g/mol. The quantitative estimate of drug-likeness (QED) is 0.288. The molecule has 1 aromatic rings. The van der Waals surface area contributed by atoms with Crippen LogP contribution in [0.3, 0.4) is 0 Å². The molecule has 1 aromatic carbocycles. The number of ether oxygens (including phenoxy) is 1. The van der Waals surface area contributed by atoms with Gasteiger partial charge in [0.05, 0.1) is 12.6 Å². The van der Waals surface area contributed by atoms with Gasteiger partial charge in [-0.2, -0.15) is 0 Å². The number of nitrogens with one attached hydrogen (secondary N) is 4. The number of rotatable bonds is 8. The summed E-state index contributed by atoms with van der Waals surface area (Å²) in [6.07, 6.45) is 0.0830. The minimum atomic E-state index is -3.19. The van der Waals surface area contributed by atoms with E-state index < -0.39 is 103 Å². The molecule has 4 rings (SSSR count). The van der Waals surface area contributed by atoms with Gasteiger partial charge in [0.2, 0.25) is 35.3 Å². The van der Waals surface area contributed by atoms with Crippen LogP contribution in [0.25, 0.3) is 0 Å². The second kappa shape index (κ2) is 18.1. The van der Waals surface area contributed by atoms with Crippen LogP contribution in [0.4, 0.5) is 13.6 Å². The van der Waals surface area contributed by atoms with Gasteiger partial charge in [-0.1, -0.05) is 69.9 Å². The molecule has 16 heteroatoms. The molecule has 6 atom stereocenters. The largest absolute Gasteiger partial charge is 0.444 e. The molecule has 3 aliphatic rings. The van der Waals surface area contributed by atoms with E-state index in [1.807, 2.05) is 13.8 Å². The molecule has 6 amide bonds. The third-order valence-corrected chi connectivity index (χ3v) is 11.0. The van der Waals surface area contributed by atoms with Crippen LogP contribution in [0.5, 0.6) is 0 Å². The number of alkyl halides is 2. The molecule has 0 aromatic heterocycles. The maximum atomic E-state index is 15.2. The Morgan fingerprint density at radius 2 is 1.61 bits per heavy atom. The van der Waals surface area contributed by atoms with E-state index in [1.54, 1.807) is 51.1 Å². The SMILES string of the molecule is CN(C)C(=O)[C@@H](NC(=O)CNC(=O)C(=O)[C@@H]1CCC(F)(F)CCCCCCC[C@H](NC(=O)OC(C)(C)C)C(=O)N2CC3C([C@H]2C(=O)N1)C3(C)C)c1ccccc1. The number of piperidine rings is 1. The Morgan fingerprint density at radius 3 is 2.25 bits per heavy atom. The van der Waals surface area contributed by atoms with E-state index in [2.05, 4.69) is 21.3 Å². The number of carbonyl (C=O) groups excluding carboxylic acids is 7. The van der Waals surface area contributed by atoms with Gasteiger partial charge in [0.15, 0.2) is 0 Å². The van der Waals surface area contributed by atoms with Crippen molar-refractivity contribution in [1.82, 2.24) is 31.1 Å². The molecule has 14 nitrogen and oxygen atoms in total. The summed E-state index contributed by atoms with van der Waals surface area (Å²) in [7, 11) is 3.03. The summed E-state index contributed by atoms with van der Waals surface area (Å²) in [6.45, 7) is 8.46. The number of carbonyl (C=O) groups is 7. The standard InChI is InChI=1S/C40H58F2N6O8/c1-38(2,3)56-37(55)45-27-18-14-9-8-10-15-20-40(41,42)21-19-26(44-33(51)31-29-25(39(29,4)5)23-48(31)35(27)53)32(50)34(52)43-22-28(49)46-30(36(54)47(6)7)24-16-12-11-13-17-24/h11-13,16-17,25-27,29-31H,8-10,14-15,18-23H2,1-7H3,(H,43,52)(H,44,51)(H,45,55)(H,46,49)/t25?,26-,27-,29?,30-,31-/m0/s1. The molecule has 1 aliphatic carbocycles. The number of hydrogen-bond donors (Lipinski definition) is 4. The van der Waals surface area contributed by atoms with E-state index in [0.717, 1.165) is 0 Å². The van der Waals surface area contributed by atoms with E-state index in [1.165, 1.54) is 23.9 Å². The molecule has 2 saturated heterocycles. The van der Waals surface area contributed by atoms with Crippen LogP contribution in [-0.4, -0.2) is 108 Å². The molecule has 4 N–H and O–H groups in total. The summed E-state index contributed by atoms with van der Waals surface area (Å²) in [5, 5.41) is 9.98. The first kappa shape index (κ1) is 44.1. The number of fused-ring (bicyclic) bond motifs is 3. The summed E-state index contributed by atoms with van der Waals surface area (Å²) in [5.74, 6) is -8.64. The van der Waals surface area contributed by atoms with Gasteiger partial charge in [0.1, 0.15) is 23.7 Å². The molecule has 1 saturated carbocycles. The summed E-state index contributed by atoms with van der Waals surface area (Å²) in [4.78, 5) is 96.6. The lowest BCUT2D eigenvalue weighted by Crippen LogP contribution is -2.58. The Hall–Kier alpha value is -4.63. The van der Waals surface area contributed by atoms with E-state index in [-0.39, 0.29) is 36.6 Å². The van der Waals surface area contributed by atoms with Crippen molar-refractivity contribution in [2.24, 2.45) is 17.3 Å². The molecular formula is C40H58F2N6O8. The number of Topliss-reactive ketones (excluding diaryl/α,β-unsaturated/α-hetero) is 1. The fraction of sp³-hybridized carbons (Fsp3) is 0.675. The van der Waals surface area contributed by atoms with Crippen molar-refractivity contribution in [1.29, 1.82) is 0 Å². The number of amides is 6. The number of alkyl carbamates (subject to hydrolysis) is 1. The van der Waals surface area contributed by atoms with E-state index >= 15 is 8.78 Å². The first-order valence-electron chi connectivity index (χ1n) is 19.5. The van der Waals surface area contributed by atoms with Gasteiger partial charge >= 0.3 is 6.09 Å². The smallest absolute Gasteiger partial charge is 0.408 e. The van der Waals surface area contributed by atoms with E-state index in [4.69, 9.17) is 4.74 Å². The third kappa shape index (κ3) is 11.5. The number of ketones is 1. The van der Waals surface area contributed by atoms with Crippen LogP contribution in [0.2, 0.25) is 0 Å². The van der Waals surface area contributed by atoms with Crippen molar-refractivity contribution in [3.8, 4) is 0 Å². The molecule has 0 radical (unpaired) electrons. The minimum Gasteiger partial charge on any atom is -0.444 e. The first-order valence-corrected chi connectivity index (χ1v) is 19.5. The van der Waals surface area contributed by atoms with Crippen molar-refractivity contribution in [2.75, 3.05) is 27.2 Å². The van der Waals surface area contributed by atoms with Gasteiger partial charge < -0.3 is 35.8 Å². The fourth-order valence-corrected chi connectivity index (χ4v) is 7.80. The molecule has 3 fully saturated rings. The minimum absolute atomic E-state index is 0.0747. The van der Waals surface area contributed by atoms with E-state index in [9.17, 15) is 33.6 Å². The Kier molecular flexibility index (Phi) is 14.2. The Balaban J connectivity index is 1.55. The van der Waals surface area contributed by atoms with Crippen LogP contribution in [0.15, 0.2) is 30.3 Å². The zero-order chi connectivity index (χ0) is 41.6. The second-order valence-corrected chi connectivity index (χ2v) is 17.0. The highest BCUT2D eigenvalue weighted by molar-refractivity contribution is 6.38. The number of likely N-dealkylation sites (N-methyl/N-ethyl adjacent to an activating group) is 1. The van der Waals surface area contributed by atoms with Crippen LogP contribution in [0, 0.1) is 17.3 Å². The van der Waals surface area contributed by atoms with Gasteiger partial charge in [-0.3, -0.25) is 28.8 Å². The zero-order valence-electron chi connectivity index (χ0n) is 33.5. The predicted octanol–water partition coefficient (Wildman–Crippen LogP) is 3.64. The van der Waals surface area contributed by atoms with Gasteiger partial charge in [-0.25, -0.2) is 13.6 Å². The number of hydrogen-bond acceptors (Lipinski definition) is 8. The van der Waals surface area contributed by atoms with Crippen molar-refractivity contribution in [2.45, 2.75) is 128 Å². The van der Waals surface area contributed by atoms with Gasteiger partial charge in [-0.15, -0.1) is 0 Å². The molecule has 2 aliphatic heterocycles. The molecule has 2 heterocycles. The highest BCUT2D eigenvalue weighted by Gasteiger charge is 2.69. The lowest BCUT2D eigenvalue weighted by atomic mass is 9.97. The molecule has 56 heavy (non-hydrogen) atoms. The van der Waals surface area contributed by atoms with Crippen molar-refractivity contribution < 1.29 is 47.1 Å². The maximum absolute atomic E-state index is 15.2. The molecule has 0 spiro atoms. The Labute approximate surface area is 327 Å². The lowest BCUT2D eigenvalue weighted by molar-refractivity contribution is -0.144. The van der Waals surface area contributed by atoms with Crippen molar-refractivity contribution >= 4 is 41.4 Å². The van der Waals surface area contributed by atoms with E-state index in [0.29, 0.717) is 31.2 Å². The first-order chi connectivity index (χ1) is 26.1. The predicted molar refractivity (Wildman–Crippen MR) is 202 cm³/mol. The van der Waals surface area contributed by atoms with Gasteiger partial charge in [-0.05, 0) is 62.8 Å². The molecule has 0 bridgehead atoms. The monoisotopic (exact) mass is 788 g/mol. The number of benzene rings is 1. The Morgan fingerprint density at radius 1 is 0.964 bits per heavy atom. The summed E-state index contributed by atoms with van der Waals surface area (Å²) >= 11 is 0. The lowest BCUT2D eigenvalue weighted by Gasteiger charge is -2.34. The maximum Gasteiger partial charge on any atom is 0.408 e. The molecule has 310 valence electrons. The summed E-state index contributed by atoms with van der Waals surface area (Å²) in [5.41, 5.74) is -0.699. The number of nitrogens with zero attached hydrogens (tertiary/aromatic N) is 2. The van der Waals surface area contributed by atoms with Crippen molar-refractivity contribution in [3.05, 3.63) is 35.9 Å². The average Bonchev–Trinajstić information content (AvgIpc) is 3.41. The third-order valence-electron chi connectivity index (χ3n) is 11.0. The van der Waals surface area contributed by atoms with Gasteiger partial charge in [0, 0.05) is 33.5 Å². The highest BCUT2D eigenvalue weighted by atomic mass is 19.3. The second-order valence-electron chi connectivity index (χ2n) is 17.0. The topological polar surface area (TPSA) is 183 Å². The summed E-state index contributed by atoms with van der Waals surface area (Å²) in [6, 6.07) is 3.50. The normalized spacial score (nSPS) is 25.9.